The fourth-order valence-corrected chi connectivity index (χ4v) is 4.42. The molecule has 0 bridgehead atoms. The number of nitrogens with zero attached hydrogens (tertiary/aromatic N) is 2. The van der Waals surface area contributed by atoms with E-state index in [4.69, 9.17) is 9.72 Å². The van der Waals surface area contributed by atoms with Crippen LogP contribution in [0.25, 0.3) is 10.9 Å². The smallest absolute Gasteiger partial charge is 0.264 e. The monoisotopic (exact) mass is 406 g/mol. The second-order valence-electron chi connectivity index (χ2n) is 7.39. The number of fused-ring (bicyclic) bond motifs is 2. The average Bonchev–Trinajstić information content (AvgIpc) is 2.69. The number of carbonyl (C=O) groups excluding carboxylic acids is 2. The summed E-state index contributed by atoms with van der Waals surface area (Å²) in [6, 6.07) is 11.5. The number of carbonyl (C=O) groups is 2. The fourth-order valence-electron chi connectivity index (χ4n) is 3.56. The number of anilines is 1. The minimum atomic E-state index is -0.127. The molecule has 4 rings (SSSR count). The topological polar surface area (TPSA) is 59.5 Å². The number of pyridine rings is 1. The zero-order chi connectivity index (χ0) is 20.7. The summed E-state index contributed by atoms with van der Waals surface area (Å²) in [5.74, 6) is 0.761. The Labute approximate surface area is 174 Å². The maximum absolute atomic E-state index is 12.8. The van der Waals surface area contributed by atoms with Gasteiger partial charge in [0.1, 0.15) is 5.75 Å². The van der Waals surface area contributed by atoms with Crippen molar-refractivity contribution in [3.8, 4) is 5.75 Å². The molecule has 0 unspecified atom stereocenters. The van der Waals surface area contributed by atoms with Gasteiger partial charge in [-0.15, -0.1) is 0 Å². The lowest BCUT2D eigenvalue weighted by Gasteiger charge is -2.26. The molecule has 0 saturated carbocycles. The van der Waals surface area contributed by atoms with Crippen LogP contribution in [-0.2, 0) is 4.79 Å². The van der Waals surface area contributed by atoms with Crippen molar-refractivity contribution in [3.63, 3.8) is 0 Å². The summed E-state index contributed by atoms with van der Waals surface area (Å²) in [6.45, 7) is 6.25. The summed E-state index contributed by atoms with van der Waals surface area (Å²) in [7, 11) is 1.69. The normalized spacial score (nSPS) is 13.4. The summed E-state index contributed by atoms with van der Waals surface area (Å²) in [4.78, 5) is 30.9. The van der Waals surface area contributed by atoms with Gasteiger partial charge in [-0.2, -0.15) is 0 Å². The van der Waals surface area contributed by atoms with Crippen LogP contribution in [0.15, 0.2) is 41.4 Å². The summed E-state index contributed by atoms with van der Waals surface area (Å²) in [5.41, 5.74) is 5.68. The highest BCUT2D eigenvalue weighted by atomic mass is 32.2. The maximum atomic E-state index is 12.8. The van der Waals surface area contributed by atoms with Crippen molar-refractivity contribution in [2.75, 3.05) is 24.3 Å². The molecule has 0 N–H and O–H groups in total. The molecule has 29 heavy (non-hydrogen) atoms. The molecule has 2 heterocycles. The van der Waals surface area contributed by atoms with E-state index in [-0.39, 0.29) is 24.1 Å². The van der Waals surface area contributed by atoms with Crippen molar-refractivity contribution >= 4 is 40.0 Å². The van der Waals surface area contributed by atoms with Crippen LogP contribution in [0.3, 0.4) is 0 Å². The molecule has 0 spiro atoms. The van der Waals surface area contributed by atoms with Crippen molar-refractivity contribution in [1.82, 2.24) is 4.98 Å². The van der Waals surface area contributed by atoms with E-state index >= 15 is 0 Å². The Morgan fingerprint density at radius 2 is 1.93 bits per heavy atom. The molecule has 148 valence electrons. The van der Waals surface area contributed by atoms with Crippen LogP contribution in [-0.4, -0.2) is 36.1 Å². The molecule has 1 aliphatic rings. The van der Waals surface area contributed by atoms with Gasteiger partial charge in [0.25, 0.3) is 5.91 Å². The van der Waals surface area contributed by atoms with E-state index in [0.717, 1.165) is 27.1 Å². The number of aromatic nitrogens is 1. The standard InChI is InChI=1S/C23H22N2O3S/c1-13-7-15(3)23-17(8-13)14(2)9-21(24-23)29-12-19(26)16-5-6-20-18(10-16)25(4)22(27)11-28-20/h5-10H,11-12H2,1-4H3. The van der Waals surface area contributed by atoms with Gasteiger partial charge in [0.15, 0.2) is 12.4 Å². The zero-order valence-electron chi connectivity index (χ0n) is 16.9. The number of ketones is 1. The molecule has 3 aromatic rings. The number of rotatable bonds is 4. The Kier molecular flexibility index (Phi) is 5.04. The van der Waals surface area contributed by atoms with E-state index in [1.165, 1.54) is 22.2 Å². The molecule has 1 aliphatic heterocycles. The van der Waals surface area contributed by atoms with E-state index in [0.29, 0.717) is 17.0 Å². The van der Waals surface area contributed by atoms with E-state index in [1.54, 1.807) is 25.2 Å². The number of amides is 1. The molecule has 1 aromatic heterocycles. The Bertz CT molecular complexity index is 1160. The number of benzene rings is 2. The van der Waals surface area contributed by atoms with Crippen molar-refractivity contribution < 1.29 is 14.3 Å². The minimum absolute atomic E-state index is 0.00981. The van der Waals surface area contributed by atoms with E-state index in [9.17, 15) is 9.59 Å². The van der Waals surface area contributed by atoms with Gasteiger partial charge in [0.2, 0.25) is 0 Å². The molecule has 0 aliphatic carbocycles. The number of aryl methyl sites for hydroxylation is 3. The SMILES string of the molecule is Cc1cc(C)c2nc(SCC(=O)c3ccc4c(c3)N(C)C(=O)CO4)cc(C)c2c1. The van der Waals surface area contributed by atoms with Crippen LogP contribution in [0.5, 0.6) is 5.75 Å². The summed E-state index contributed by atoms with van der Waals surface area (Å²) in [6.07, 6.45) is 0. The summed E-state index contributed by atoms with van der Waals surface area (Å²) < 4.78 is 5.43. The second kappa shape index (κ2) is 7.52. The number of thioether (sulfide) groups is 1. The number of likely N-dealkylation sites (N-methyl/N-ethyl adjacent to an activating group) is 1. The third kappa shape index (κ3) is 3.72. The summed E-state index contributed by atoms with van der Waals surface area (Å²) >= 11 is 1.43. The Morgan fingerprint density at radius 3 is 2.72 bits per heavy atom. The van der Waals surface area contributed by atoms with Crippen molar-refractivity contribution in [2.45, 2.75) is 25.8 Å². The fraction of sp³-hybridized carbons (Fsp3) is 0.261. The van der Waals surface area contributed by atoms with Gasteiger partial charge >= 0.3 is 0 Å². The molecular weight excluding hydrogens is 384 g/mol. The van der Waals surface area contributed by atoms with Crippen LogP contribution in [0.4, 0.5) is 5.69 Å². The van der Waals surface area contributed by atoms with Gasteiger partial charge in [-0.3, -0.25) is 9.59 Å². The lowest BCUT2D eigenvalue weighted by molar-refractivity contribution is -0.120. The van der Waals surface area contributed by atoms with E-state index < -0.39 is 0 Å². The first-order valence-corrected chi connectivity index (χ1v) is 10.4. The van der Waals surface area contributed by atoms with Gasteiger partial charge in [-0.05, 0) is 62.2 Å². The average molecular weight is 407 g/mol. The van der Waals surface area contributed by atoms with Gasteiger partial charge in [-0.1, -0.05) is 23.4 Å². The van der Waals surface area contributed by atoms with Gasteiger partial charge < -0.3 is 9.64 Å². The van der Waals surface area contributed by atoms with Crippen molar-refractivity contribution in [3.05, 3.63) is 58.7 Å². The molecule has 5 nitrogen and oxygen atoms in total. The Morgan fingerprint density at radius 1 is 1.14 bits per heavy atom. The number of hydrogen-bond donors (Lipinski definition) is 0. The van der Waals surface area contributed by atoms with Gasteiger partial charge in [-0.25, -0.2) is 4.98 Å². The number of ether oxygens (including phenoxy) is 1. The molecule has 0 radical (unpaired) electrons. The largest absolute Gasteiger partial charge is 0.482 e. The first-order chi connectivity index (χ1) is 13.8. The van der Waals surface area contributed by atoms with Gasteiger partial charge in [0.05, 0.1) is 22.0 Å². The molecule has 0 atom stereocenters. The molecule has 0 saturated heterocycles. The second-order valence-corrected chi connectivity index (χ2v) is 8.39. The first-order valence-electron chi connectivity index (χ1n) is 9.41. The number of hydrogen-bond acceptors (Lipinski definition) is 5. The number of Topliss-reactive ketones (excluding diaryl/α,β-unsaturated/α-hetero) is 1. The Hall–Kier alpha value is -2.86. The third-order valence-electron chi connectivity index (χ3n) is 5.15. The molecule has 2 aromatic carbocycles. The summed E-state index contributed by atoms with van der Waals surface area (Å²) in [5, 5.41) is 1.99. The lowest BCUT2D eigenvalue weighted by atomic mass is 10.0. The van der Waals surface area contributed by atoms with Crippen LogP contribution in [0, 0.1) is 20.8 Å². The highest BCUT2D eigenvalue weighted by molar-refractivity contribution is 7.99. The molecule has 1 amide bonds. The van der Waals surface area contributed by atoms with E-state index in [2.05, 4.69) is 32.9 Å². The highest BCUT2D eigenvalue weighted by Gasteiger charge is 2.23. The maximum Gasteiger partial charge on any atom is 0.264 e. The van der Waals surface area contributed by atoms with E-state index in [1.807, 2.05) is 6.07 Å². The van der Waals surface area contributed by atoms with Crippen LogP contribution in [0.1, 0.15) is 27.0 Å². The zero-order valence-corrected chi connectivity index (χ0v) is 17.7. The van der Waals surface area contributed by atoms with Crippen molar-refractivity contribution in [1.29, 1.82) is 0 Å². The predicted octanol–water partition coefficient (Wildman–Crippen LogP) is 4.49. The third-order valence-corrected chi connectivity index (χ3v) is 6.06. The minimum Gasteiger partial charge on any atom is -0.482 e. The molecular formula is C23H22N2O3S. The van der Waals surface area contributed by atoms with Crippen LogP contribution >= 0.6 is 11.8 Å². The highest BCUT2D eigenvalue weighted by Crippen LogP contribution is 2.33. The molecule has 0 fully saturated rings. The molecule has 6 heteroatoms. The van der Waals surface area contributed by atoms with Crippen LogP contribution < -0.4 is 9.64 Å². The Balaban J connectivity index is 1.55. The van der Waals surface area contributed by atoms with Gasteiger partial charge in [0, 0.05) is 18.0 Å². The first kappa shape index (κ1) is 19.5. The predicted molar refractivity (Wildman–Crippen MR) is 116 cm³/mol. The van der Waals surface area contributed by atoms with Crippen molar-refractivity contribution in [2.24, 2.45) is 0 Å². The quantitative estimate of drug-likeness (QED) is 0.472. The van der Waals surface area contributed by atoms with Crippen LogP contribution in [0.2, 0.25) is 0 Å². The lowest BCUT2D eigenvalue weighted by Crippen LogP contribution is -2.35.